The van der Waals surface area contributed by atoms with Crippen LogP contribution in [0.3, 0.4) is 0 Å². The normalized spacial score (nSPS) is 29.0. The molecule has 1 rings (SSSR count). The van der Waals surface area contributed by atoms with Gasteiger partial charge >= 0.3 is 0 Å². The Morgan fingerprint density at radius 2 is 1.77 bits per heavy atom. The zero-order chi connectivity index (χ0) is 19.4. The van der Waals surface area contributed by atoms with Gasteiger partial charge in [-0.15, -0.1) is 0 Å². The molecular weight excluding hydrogens is 332 g/mol. The summed E-state index contributed by atoms with van der Waals surface area (Å²) >= 11 is 0. The molecule has 0 saturated heterocycles. The van der Waals surface area contributed by atoms with Crippen molar-refractivity contribution in [2.75, 3.05) is 6.61 Å². The fourth-order valence-corrected chi connectivity index (χ4v) is 3.60. The van der Waals surface area contributed by atoms with Crippen molar-refractivity contribution in [2.45, 2.75) is 89.1 Å². The Morgan fingerprint density at radius 1 is 1.00 bits per heavy atom. The van der Waals surface area contributed by atoms with E-state index < -0.39 is 24.4 Å². The zero-order valence-corrected chi connectivity index (χ0v) is 16.1. The smallest absolute Gasteiger partial charge is 0.0771 e. The summed E-state index contributed by atoms with van der Waals surface area (Å²) in [7, 11) is 0. The molecule has 1 saturated carbocycles. The van der Waals surface area contributed by atoms with E-state index in [4.69, 9.17) is 5.11 Å². The standard InChI is InChI=1S/C21H38O5/c1-2-3-6-9-16(23)12-13-19-18(20(25)14-21(19)26)11-8-5-4-7-10-17(24)15-22/h5,8,12-13,16-26H,2-4,6-7,9-11,14-15H2,1H3/b8-5-,13-12?/t16-,17?,18+,19+,20-,21+/m0/s1. The summed E-state index contributed by atoms with van der Waals surface area (Å²) in [6.45, 7) is 1.93. The highest BCUT2D eigenvalue weighted by molar-refractivity contribution is 5.06. The third kappa shape index (κ3) is 8.78. The summed E-state index contributed by atoms with van der Waals surface area (Å²) in [5.41, 5.74) is 0. The quantitative estimate of drug-likeness (QED) is 0.253. The first kappa shape index (κ1) is 23.3. The average molecular weight is 371 g/mol. The van der Waals surface area contributed by atoms with E-state index in [2.05, 4.69) is 6.92 Å². The topological polar surface area (TPSA) is 101 Å². The molecular formula is C21H38O5. The van der Waals surface area contributed by atoms with Crippen molar-refractivity contribution in [3.8, 4) is 0 Å². The van der Waals surface area contributed by atoms with Gasteiger partial charge in [0.1, 0.15) is 0 Å². The minimum Gasteiger partial charge on any atom is -0.394 e. The number of allylic oxidation sites excluding steroid dienone is 2. The minimum atomic E-state index is -0.645. The molecule has 26 heavy (non-hydrogen) atoms. The second-order valence-corrected chi connectivity index (χ2v) is 7.53. The minimum absolute atomic E-state index is 0.0385. The van der Waals surface area contributed by atoms with Crippen molar-refractivity contribution in [2.24, 2.45) is 11.8 Å². The van der Waals surface area contributed by atoms with Gasteiger partial charge in [0.25, 0.3) is 0 Å². The Bertz CT molecular complexity index is 409. The molecule has 0 aromatic carbocycles. The van der Waals surface area contributed by atoms with Crippen molar-refractivity contribution in [3.05, 3.63) is 24.3 Å². The van der Waals surface area contributed by atoms with Crippen molar-refractivity contribution < 1.29 is 25.5 Å². The zero-order valence-electron chi connectivity index (χ0n) is 16.1. The summed E-state index contributed by atoms with van der Waals surface area (Å²) in [4.78, 5) is 0. The van der Waals surface area contributed by atoms with Gasteiger partial charge in [0, 0.05) is 12.3 Å². The third-order valence-corrected chi connectivity index (χ3v) is 5.27. The monoisotopic (exact) mass is 370 g/mol. The first-order valence-electron chi connectivity index (χ1n) is 10.2. The maximum Gasteiger partial charge on any atom is 0.0771 e. The Balaban J connectivity index is 2.43. The van der Waals surface area contributed by atoms with Crippen molar-refractivity contribution in [1.82, 2.24) is 0 Å². The second kappa shape index (κ2) is 13.4. The molecule has 0 spiro atoms. The number of hydrogen-bond acceptors (Lipinski definition) is 5. The number of rotatable bonds is 13. The fraction of sp³-hybridized carbons (Fsp3) is 0.810. The van der Waals surface area contributed by atoms with Crippen LogP contribution in [0, 0.1) is 11.8 Å². The van der Waals surface area contributed by atoms with Gasteiger partial charge in [0.2, 0.25) is 0 Å². The van der Waals surface area contributed by atoms with Crippen molar-refractivity contribution >= 4 is 0 Å². The van der Waals surface area contributed by atoms with Crippen molar-refractivity contribution in [1.29, 1.82) is 0 Å². The van der Waals surface area contributed by atoms with Crippen LogP contribution in [0.2, 0.25) is 0 Å². The molecule has 5 N–H and O–H groups in total. The van der Waals surface area contributed by atoms with E-state index in [9.17, 15) is 20.4 Å². The number of aliphatic hydroxyl groups excluding tert-OH is 5. The molecule has 0 amide bonds. The summed E-state index contributed by atoms with van der Waals surface area (Å²) in [6, 6.07) is 0. The lowest BCUT2D eigenvalue weighted by Gasteiger charge is -2.19. The molecule has 1 unspecified atom stereocenters. The maximum absolute atomic E-state index is 10.2. The lowest BCUT2D eigenvalue weighted by molar-refractivity contribution is 0.0868. The van der Waals surface area contributed by atoms with Gasteiger partial charge in [-0.1, -0.05) is 50.5 Å². The Morgan fingerprint density at radius 3 is 2.46 bits per heavy atom. The van der Waals surface area contributed by atoms with Gasteiger partial charge < -0.3 is 25.5 Å². The maximum atomic E-state index is 10.2. The number of unbranched alkanes of at least 4 members (excludes halogenated alkanes) is 3. The highest BCUT2D eigenvalue weighted by Gasteiger charge is 2.39. The number of hydrogen-bond donors (Lipinski definition) is 5. The lowest BCUT2D eigenvalue weighted by atomic mass is 9.89. The fourth-order valence-electron chi connectivity index (χ4n) is 3.60. The molecule has 0 radical (unpaired) electrons. The van der Waals surface area contributed by atoms with E-state index in [1.807, 2.05) is 18.2 Å². The molecule has 152 valence electrons. The summed E-state index contributed by atoms with van der Waals surface area (Å²) in [5, 5.41) is 48.5. The molecule has 6 atom stereocenters. The Labute approximate surface area is 158 Å². The van der Waals surface area contributed by atoms with E-state index in [0.717, 1.165) is 38.5 Å². The van der Waals surface area contributed by atoms with Gasteiger partial charge in [0.15, 0.2) is 0 Å². The van der Waals surface area contributed by atoms with Gasteiger partial charge in [-0.25, -0.2) is 0 Å². The van der Waals surface area contributed by atoms with Crippen LogP contribution < -0.4 is 0 Å². The Kier molecular flexibility index (Phi) is 12.1. The second-order valence-electron chi connectivity index (χ2n) is 7.53. The molecule has 0 aromatic rings. The molecule has 0 heterocycles. The molecule has 1 aliphatic rings. The molecule has 0 aliphatic heterocycles. The predicted octanol–water partition coefficient (Wildman–Crippen LogP) is 2.31. The highest BCUT2D eigenvalue weighted by atomic mass is 16.3. The molecule has 5 nitrogen and oxygen atoms in total. The summed E-state index contributed by atoms with van der Waals surface area (Å²) in [5.74, 6) is -0.171. The largest absolute Gasteiger partial charge is 0.394 e. The van der Waals surface area contributed by atoms with Crippen LogP contribution in [-0.2, 0) is 0 Å². The lowest BCUT2D eigenvalue weighted by Crippen LogP contribution is -2.20. The molecule has 0 aromatic heterocycles. The van der Waals surface area contributed by atoms with Crippen LogP contribution in [0.5, 0.6) is 0 Å². The van der Waals surface area contributed by atoms with E-state index in [1.54, 1.807) is 6.08 Å². The van der Waals surface area contributed by atoms with Gasteiger partial charge in [0.05, 0.1) is 31.0 Å². The van der Waals surface area contributed by atoms with Crippen LogP contribution >= 0.6 is 0 Å². The van der Waals surface area contributed by atoms with Crippen LogP contribution in [0.25, 0.3) is 0 Å². The Hall–Kier alpha value is -0.720. The number of aliphatic hydroxyl groups is 5. The van der Waals surface area contributed by atoms with E-state index in [1.165, 1.54) is 0 Å². The molecule has 5 heteroatoms. The van der Waals surface area contributed by atoms with E-state index in [-0.39, 0.29) is 18.4 Å². The van der Waals surface area contributed by atoms with E-state index in [0.29, 0.717) is 19.3 Å². The van der Waals surface area contributed by atoms with Gasteiger partial charge in [-0.05, 0) is 38.0 Å². The molecule has 1 fully saturated rings. The van der Waals surface area contributed by atoms with Crippen molar-refractivity contribution in [3.63, 3.8) is 0 Å². The van der Waals surface area contributed by atoms with Crippen LogP contribution in [0.15, 0.2) is 24.3 Å². The molecule has 1 aliphatic carbocycles. The van der Waals surface area contributed by atoms with Gasteiger partial charge in [-0.3, -0.25) is 0 Å². The van der Waals surface area contributed by atoms with Crippen LogP contribution in [0.1, 0.15) is 64.7 Å². The summed E-state index contributed by atoms with van der Waals surface area (Å²) in [6.07, 6.45) is 12.7. The molecule has 0 bridgehead atoms. The first-order valence-corrected chi connectivity index (χ1v) is 10.2. The third-order valence-electron chi connectivity index (χ3n) is 5.27. The van der Waals surface area contributed by atoms with E-state index >= 15 is 0 Å². The average Bonchev–Trinajstić information content (AvgIpc) is 2.89. The highest BCUT2D eigenvalue weighted by Crippen LogP contribution is 2.36. The first-order chi connectivity index (χ1) is 12.5. The van der Waals surface area contributed by atoms with Crippen LogP contribution in [0.4, 0.5) is 0 Å². The predicted molar refractivity (Wildman–Crippen MR) is 104 cm³/mol. The van der Waals surface area contributed by atoms with Gasteiger partial charge in [-0.2, -0.15) is 0 Å². The summed E-state index contributed by atoms with van der Waals surface area (Å²) < 4.78 is 0. The van der Waals surface area contributed by atoms with Crippen LogP contribution in [-0.4, -0.2) is 56.6 Å². The SMILES string of the molecule is CCCCC[C@H](O)C=C[C@@H]1[C@@H](C/C=C\CCCC(O)CO)[C@@H](O)C[C@H]1O.